The van der Waals surface area contributed by atoms with Gasteiger partial charge in [0.15, 0.2) is 5.58 Å². The maximum Gasteiger partial charge on any atom is 0.416 e. The second-order valence-corrected chi connectivity index (χ2v) is 7.08. The quantitative estimate of drug-likeness (QED) is 0.600. The number of rotatable bonds is 5. The van der Waals surface area contributed by atoms with E-state index in [2.05, 4.69) is 9.97 Å². The summed E-state index contributed by atoms with van der Waals surface area (Å²) in [5.41, 5.74) is 0.561. The van der Waals surface area contributed by atoms with Crippen molar-refractivity contribution < 1.29 is 27.1 Å². The molecule has 1 aliphatic rings. The molecule has 0 bridgehead atoms. The third-order valence-corrected chi connectivity index (χ3v) is 4.96. The van der Waals surface area contributed by atoms with E-state index in [0.29, 0.717) is 23.9 Å². The molecule has 0 radical (unpaired) electrons. The van der Waals surface area contributed by atoms with Gasteiger partial charge < -0.3 is 14.1 Å². The second kappa shape index (κ2) is 7.34. The molecule has 3 aromatic rings. The maximum atomic E-state index is 12.7. The number of benzene rings is 1. The van der Waals surface area contributed by atoms with Crippen molar-refractivity contribution in [3.8, 4) is 5.88 Å². The van der Waals surface area contributed by atoms with E-state index >= 15 is 0 Å². The molecule has 0 atom stereocenters. The summed E-state index contributed by atoms with van der Waals surface area (Å²) in [6, 6.07) is 9.05. The predicted molar refractivity (Wildman–Crippen MR) is 95.0 cm³/mol. The number of carbonyl (C=O) groups excluding carboxylic acids is 1. The number of pyridine rings is 1. The zero-order valence-corrected chi connectivity index (χ0v) is 15.2. The molecule has 4 rings (SSSR count). The third kappa shape index (κ3) is 4.06. The Morgan fingerprint density at radius 3 is 2.82 bits per heavy atom. The van der Waals surface area contributed by atoms with Crippen LogP contribution in [-0.2, 0) is 11.0 Å². The molecular weight excluding hydrogens is 395 g/mol. The molecule has 10 heteroatoms. The normalized spacial score (nSPS) is 14.9. The fourth-order valence-electron chi connectivity index (χ4n) is 2.66. The fourth-order valence-corrected chi connectivity index (χ4v) is 3.41. The first-order valence-electron chi connectivity index (χ1n) is 8.34. The van der Waals surface area contributed by atoms with E-state index in [-0.39, 0.29) is 23.6 Å². The van der Waals surface area contributed by atoms with Crippen LogP contribution >= 0.6 is 11.8 Å². The van der Waals surface area contributed by atoms with Crippen molar-refractivity contribution in [2.45, 2.75) is 17.5 Å². The molecule has 146 valence electrons. The summed E-state index contributed by atoms with van der Waals surface area (Å²) in [5.74, 6) is -0.0710. The van der Waals surface area contributed by atoms with Gasteiger partial charge in [-0.25, -0.2) is 9.97 Å². The first-order chi connectivity index (χ1) is 13.4. The molecule has 0 aliphatic carbocycles. The lowest BCUT2D eigenvalue weighted by atomic mass is 10.1. The number of carbonyl (C=O) groups is 1. The van der Waals surface area contributed by atoms with Crippen molar-refractivity contribution in [2.24, 2.45) is 0 Å². The lowest BCUT2D eigenvalue weighted by molar-refractivity contribution is -0.138. The Labute approximate surface area is 161 Å². The molecule has 1 fully saturated rings. The number of hydrogen-bond donors (Lipinski definition) is 0. The molecule has 3 heterocycles. The number of halogens is 3. The molecule has 0 saturated carbocycles. The highest BCUT2D eigenvalue weighted by Crippen LogP contribution is 2.31. The van der Waals surface area contributed by atoms with E-state index in [9.17, 15) is 18.0 Å². The average molecular weight is 409 g/mol. The monoisotopic (exact) mass is 409 g/mol. The van der Waals surface area contributed by atoms with Gasteiger partial charge in [-0.05, 0) is 18.2 Å². The van der Waals surface area contributed by atoms with E-state index in [0.717, 1.165) is 23.8 Å². The van der Waals surface area contributed by atoms with Crippen LogP contribution in [0.4, 0.5) is 13.2 Å². The molecular formula is C18H14F3N3O3S. The Morgan fingerprint density at radius 1 is 1.29 bits per heavy atom. The number of oxazole rings is 1. The van der Waals surface area contributed by atoms with Crippen LogP contribution in [0.15, 0.2) is 52.2 Å². The smallest absolute Gasteiger partial charge is 0.416 e. The summed E-state index contributed by atoms with van der Waals surface area (Å²) >= 11 is 1.19. The summed E-state index contributed by atoms with van der Waals surface area (Å²) in [6.45, 7) is 0.593. The lowest BCUT2D eigenvalue weighted by Crippen LogP contribution is -2.56. The van der Waals surface area contributed by atoms with Crippen molar-refractivity contribution in [3.05, 3.63) is 48.2 Å². The standard InChI is InChI=1S/C18H14F3N3O3S/c19-18(20,21)11-5-6-22-15(7-11)26-12-8-24(9-12)16(25)10-28-17-23-13-3-1-2-4-14(13)27-17/h1-7,12H,8-10H2. The van der Waals surface area contributed by atoms with E-state index in [1.54, 1.807) is 11.0 Å². The summed E-state index contributed by atoms with van der Waals surface area (Å²) < 4.78 is 49.1. The predicted octanol–water partition coefficient (Wildman–Crippen LogP) is 3.62. The van der Waals surface area contributed by atoms with Gasteiger partial charge >= 0.3 is 6.18 Å². The molecule has 1 saturated heterocycles. The zero-order valence-electron chi connectivity index (χ0n) is 14.3. The van der Waals surface area contributed by atoms with Crippen LogP contribution in [0, 0.1) is 0 Å². The van der Waals surface area contributed by atoms with Crippen molar-refractivity contribution in [3.63, 3.8) is 0 Å². The first-order valence-corrected chi connectivity index (χ1v) is 9.33. The SMILES string of the molecule is O=C(CSc1nc2ccccc2o1)N1CC(Oc2cc(C(F)(F)F)ccn2)C1. The third-order valence-electron chi connectivity index (χ3n) is 4.14. The lowest BCUT2D eigenvalue weighted by Gasteiger charge is -2.38. The van der Waals surface area contributed by atoms with Gasteiger partial charge in [-0.15, -0.1) is 0 Å². The van der Waals surface area contributed by atoms with Crippen LogP contribution in [0.3, 0.4) is 0 Å². The van der Waals surface area contributed by atoms with E-state index in [1.807, 2.05) is 18.2 Å². The number of thioether (sulfide) groups is 1. The van der Waals surface area contributed by atoms with Crippen LogP contribution < -0.4 is 4.74 Å². The van der Waals surface area contributed by atoms with Crippen LogP contribution in [-0.4, -0.2) is 45.7 Å². The number of nitrogens with zero attached hydrogens (tertiary/aromatic N) is 3. The highest BCUT2D eigenvalue weighted by molar-refractivity contribution is 7.99. The zero-order chi connectivity index (χ0) is 19.7. The number of para-hydroxylation sites is 2. The topological polar surface area (TPSA) is 68.5 Å². The van der Waals surface area contributed by atoms with E-state index in [1.165, 1.54) is 11.8 Å². The van der Waals surface area contributed by atoms with Gasteiger partial charge in [0.2, 0.25) is 11.8 Å². The van der Waals surface area contributed by atoms with Gasteiger partial charge in [0, 0.05) is 12.3 Å². The van der Waals surface area contributed by atoms with Crippen molar-refractivity contribution >= 4 is 28.8 Å². The van der Waals surface area contributed by atoms with Crippen molar-refractivity contribution in [2.75, 3.05) is 18.8 Å². The first kappa shape index (κ1) is 18.6. The van der Waals surface area contributed by atoms with Crippen molar-refractivity contribution in [1.29, 1.82) is 0 Å². The molecule has 6 nitrogen and oxygen atoms in total. The average Bonchev–Trinajstić information content (AvgIpc) is 3.05. The Bertz CT molecular complexity index is 969. The maximum absolute atomic E-state index is 12.7. The van der Waals surface area contributed by atoms with Crippen LogP contribution in [0.2, 0.25) is 0 Å². The number of amides is 1. The summed E-state index contributed by atoms with van der Waals surface area (Å²) in [4.78, 5) is 21.9. The van der Waals surface area contributed by atoms with Crippen LogP contribution in [0.1, 0.15) is 5.56 Å². The Hall–Kier alpha value is -2.75. The number of ether oxygens (including phenoxy) is 1. The summed E-state index contributed by atoms with van der Waals surface area (Å²) in [7, 11) is 0. The number of likely N-dealkylation sites (tertiary alicyclic amines) is 1. The Balaban J connectivity index is 1.26. The van der Waals surface area contributed by atoms with Gasteiger partial charge in [-0.2, -0.15) is 13.2 Å². The molecule has 2 aromatic heterocycles. The van der Waals surface area contributed by atoms with Crippen LogP contribution in [0.25, 0.3) is 11.1 Å². The molecule has 1 aromatic carbocycles. The minimum Gasteiger partial charge on any atom is -0.471 e. The minimum atomic E-state index is -4.45. The van der Waals surface area contributed by atoms with Gasteiger partial charge in [-0.1, -0.05) is 23.9 Å². The van der Waals surface area contributed by atoms with Gasteiger partial charge in [0.05, 0.1) is 24.4 Å². The van der Waals surface area contributed by atoms with Gasteiger partial charge in [0.1, 0.15) is 11.6 Å². The molecule has 1 amide bonds. The van der Waals surface area contributed by atoms with Crippen LogP contribution in [0.5, 0.6) is 5.88 Å². The molecule has 0 spiro atoms. The Morgan fingerprint density at radius 2 is 2.07 bits per heavy atom. The summed E-state index contributed by atoms with van der Waals surface area (Å²) in [6.07, 6.45) is -3.78. The Kier molecular flexibility index (Phi) is 4.88. The van der Waals surface area contributed by atoms with Gasteiger partial charge in [-0.3, -0.25) is 4.79 Å². The van der Waals surface area contributed by atoms with E-state index < -0.39 is 11.7 Å². The highest BCUT2D eigenvalue weighted by Gasteiger charge is 2.34. The number of fused-ring (bicyclic) bond motifs is 1. The number of alkyl halides is 3. The van der Waals surface area contributed by atoms with Crippen molar-refractivity contribution in [1.82, 2.24) is 14.9 Å². The molecule has 28 heavy (non-hydrogen) atoms. The molecule has 1 aliphatic heterocycles. The minimum absolute atomic E-state index is 0.104. The number of aromatic nitrogens is 2. The highest BCUT2D eigenvalue weighted by atomic mass is 32.2. The summed E-state index contributed by atoms with van der Waals surface area (Å²) in [5, 5.41) is 0.413. The second-order valence-electron chi connectivity index (χ2n) is 6.16. The van der Waals surface area contributed by atoms with E-state index in [4.69, 9.17) is 9.15 Å². The number of hydrogen-bond acceptors (Lipinski definition) is 6. The largest absolute Gasteiger partial charge is 0.471 e. The fraction of sp³-hybridized carbons (Fsp3) is 0.278. The molecule has 0 unspecified atom stereocenters. The van der Waals surface area contributed by atoms with Gasteiger partial charge in [0.25, 0.3) is 5.22 Å². The molecule has 0 N–H and O–H groups in total.